The van der Waals surface area contributed by atoms with Gasteiger partial charge in [-0.25, -0.2) is 0 Å². The predicted octanol–water partition coefficient (Wildman–Crippen LogP) is 1.93. The molecule has 0 aliphatic carbocycles. The van der Waals surface area contributed by atoms with Crippen LogP contribution in [0.3, 0.4) is 0 Å². The van der Waals surface area contributed by atoms with Crippen LogP contribution in [0.4, 0.5) is 0 Å². The Morgan fingerprint density at radius 3 is 2.88 bits per heavy atom. The van der Waals surface area contributed by atoms with E-state index in [-0.39, 0.29) is 5.92 Å². The van der Waals surface area contributed by atoms with E-state index in [0.717, 1.165) is 38.9 Å². The summed E-state index contributed by atoms with van der Waals surface area (Å²) in [7, 11) is 0. The standard InChI is InChI=1S/C14H20N2O/c1-2-13-11-16(10-6-14(13)17)9-5-12-3-7-15-8-4-12/h3-4,7-8,13H,2,5-6,9-11H2,1H3. The van der Waals surface area contributed by atoms with Crippen LogP contribution in [0.2, 0.25) is 0 Å². The fraction of sp³-hybridized carbons (Fsp3) is 0.571. The summed E-state index contributed by atoms with van der Waals surface area (Å²) in [5.41, 5.74) is 1.32. The second-order valence-electron chi connectivity index (χ2n) is 4.73. The van der Waals surface area contributed by atoms with Crippen molar-refractivity contribution < 1.29 is 4.79 Å². The van der Waals surface area contributed by atoms with Gasteiger partial charge in [-0.1, -0.05) is 6.92 Å². The lowest BCUT2D eigenvalue weighted by Gasteiger charge is -2.31. The van der Waals surface area contributed by atoms with Crippen LogP contribution in [0, 0.1) is 5.92 Å². The quantitative estimate of drug-likeness (QED) is 0.795. The molecule has 1 fully saturated rings. The zero-order valence-electron chi connectivity index (χ0n) is 10.4. The molecule has 2 heterocycles. The van der Waals surface area contributed by atoms with Gasteiger partial charge in [0.25, 0.3) is 0 Å². The number of aromatic nitrogens is 1. The Hall–Kier alpha value is -1.22. The normalized spacial score (nSPS) is 21.7. The fourth-order valence-electron chi connectivity index (χ4n) is 2.37. The first-order valence-electron chi connectivity index (χ1n) is 6.43. The van der Waals surface area contributed by atoms with Crippen LogP contribution in [0.1, 0.15) is 25.3 Å². The van der Waals surface area contributed by atoms with Gasteiger partial charge in [-0.15, -0.1) is 0 Å². The molecule has 0 bridgehead atoms. The van der Waals surface area contributed by atoms with Crippen molar-refractivity contribution in [1.29, 1.82) is 0 Å². The van der Waals surface area contributed by atoms with Crippen LogP contribution in [0.25, 0.3) is 0 Å². The minimum Gasteiger partial charge on any atom is -0.302 e. The first-order valence-corrected chi connectivity index (χ1v) is 6.43. The first kappa shape index (κ1) is 12.2. The van der Waals surface area contributed by atoms with Crippen molar-refractivity contribution >= 4 is 5.78 Å². The first-order chi connectivity index (χ1) is 8.29. The highest BCUT2D eigenvalue weighted by Crippen LogP contribution is 2.16. The van der Waals surface area contributed by atoms with Crippen molar-refractivity contribution in [2.45, 2.75) is 26.2 Å². The van der Waals surface area contributed by atoms with Crippen LogP contribution >= 0.6 is 0 Å². The SMILES string of the molecule is CCC1CN(CCc2ccncc2)CCC1=O. The molecule has 1 aromatic heterocycles. The topological polar surface area (TPSA) is 33.2 Å². The number of hydrogen-bond donors (Lipinski definition) is 0. The van der Waals surface area contributed by atoms with Gasteiger partial charge in [-0.2, -0.15) is 0 Å². The molecule has 1 unspecified atom stereocenters. The van der Waals surface area contributed by atoms with E-state index >= 15 is 0 Å². The van der Waals surface area contributed by atoms with E-state index in [1.807, 2.05) is 12.4 Å². The van der Waals surface area contributed by atoms with Crippen LogP contribution in [0.5, 0.6) is 0 Å². The molecule has 1 atom stereocenters. The highest BCUT2D eigenvalue weighted by Gasteiger charge is 2.25. The van der Waals surface area contributed by atoms with E-state index in [2.05, 4.69) is 28.9 Å². The highest BCUT2D eigenvalue weighted by atomic mass is 16.1. The van der Waals surface area contributed by atoms with E-state index in [4.69, 9.17) is 0 Å². The molecule has 0 radical (unpaired) electrons. The second-order valence-corrected chi connectivity index (χ2v) is 4.73. The number of Topliss-reactive ketones (excluding diaryl/α,β-unsaturated/α-hetero) is 1. The van der Waals surface area contributed by atoms with Crippen LogP contribution in [0.15, 0.2) is 24.5 Å². The van der Waals surface area contributed by atoms with Gasteiger partial charge >= 0.3 is 0 Å². The summed E-state index contributed by atoms with van der Waals surface area (Å²) in [5.74, 6) is 0.717. The molecule has 0 saturated carbocycles. The average molecular weight is 232 g/mol. The summed E-state index contributed by atoms with van der Waals surface area (Å²) in [6.45, 7) is 5.03. The average Bonchev–Trinajstić information content (AvgIpc) is 2.39. The van der Waals surface area contributed by atoms with Gasteiger partial charge in [0, 0.05) is 44.4 Å². The second kappa shape index (κ2) is 5.92. The van der Waals surface area contributed by atoms with Gasteiger partial charge in [0.05, 0.1) is 0 Å². The van der Waals surface area contributed by atoms with E-state index in [1.54, 1.807) is 0 Å². The monoisotopic (exact) mass is 232 g/mol. The molecule has 0 aromatic carbocycles. The summed E-state index contributed by atoms with van der Waals surface area (Å²) in [4.78, 5) is 18.0. The fourth-order valence-corrected chi connectivity index (χ4v) is 2.37. The van der Waals surface area contributed by atoms with Crippen molar-refractivity contribution in [3.05, 3.63) is 30.1 Å². The number of likely N-dealkylation sites (tertiary alicyclic amines) is 1. The summed E-state index contributed by atoms with van der Waals surface area (Å²) in [5, 5.41) is 0. The Labute approximate surface area is 103 Å². The van der Waals surface area contributed by atoms with Crippen molar-refractivity contribution in [3.8, 4) is 0 Å². The van der Waals surface area contributed by atoms with Crippen molar-refractivity contribution in [2.75, 3.05) is 19.6 Å². The summed E-state index contributed by atoms with van der Waals surface area (Å²) >= 11 is 0. The number of rotatable bonds is 4. The van der Waals surface area contributed by atoms with E-state index in [1.165, 1.54) is 5.56 Å². The number of carbonyl (C=O) groups excluding carboxylic acids is 1. The number of piperidine rings is 1. The number of pyridine rings is 1. The predicted molar refractivity (Wildman–Crippen MR) is 67.8 cm³/mol. The summed E-state index contributed by atoms with van der Waals surface area (Å²) in [6, 6.07) is 4.12. The van der Waals surface area contributed by atoms with Crippen molar-refractivity contribution in [3.63, 3.8) is 0 Å². The van der Waals surface area contributed by atoms with Gasteiger partial charge in [0.2, 0.25) is 0 Å². The van der Waals surface area contributed by atoms with Crippen LogP contribution in [-0.2, 0) is 11.2 Å². The lowest BCUT2D eigenvalue weighted by molar-refractivity contribution is -0.126. The molecule has 0 N–H and O–H groups in total. The number of hydrogen-bond acceptors (Lipinski definition) is 3. The zero-order valence-corrected chi connectivity index (χ0v) is 10.4. The van der Waals surface area contributed by atoms with Gasteiger partial charge in [0.1, 0.15) is 5.78 Å². The molecule has 17 heavy (non-hydrogen) atoms. The Morgan fingerprint density at radius 1 is 1.41 bits per heavy atom. The third-order valence-electron chi connectivity index (χ3n) is 3.57. The maximum Gasteiger partial charge on any atom is 0.138 e. The number of nitrogens with zero attached hydrogens (tertiary/aromatic N) is 2. The van der Waals surface area contributed by atoms with Crippen LogP contribution < -0.4 is 0 Å². The largest absolute Gasteiger partial charge is 0.302 e. The lowest BCUT2D eigenvalue weighted by atomic mass is 9.94. The molecule has 3 nitrogen and oxygen atoms in total. The molecule has 1 aromatic rings. The van der Waals surface area contributed by atoms with Crippen molar-refractivity contribution in [2.24, 2.45) is 5.92 Å². The van der Waals surface area contributed by atoms with E-state index in [0.29, 0.717) is 5.78 Å². The smallest absolute Gasteiger partial charge is 0.138 e. The Balaban J connectivity index is 1.82. The molecule has 1 aliphatic rings. The third kappa shape index (κ3) is 3.37. The number of carbonyl (C=O) groups is 1. The summed E-state index contributed by atoms with van der Waals surface area (Å²) in [6.07, 6.45) is 6.43. The lowest BCUT2D eigenvalue weighted by Crippen LogP contribution is -2.41. The molecule has 1 saturated heterocycles. The highest BCUT2D eigenvalue weighted by molar-refractivity contribution is 5.82. The van der Waals surface area contributed by atoms with Crippen molar-refractivity contribution in [1.82, 2.24) is 9.88 Å². The number of ketones is 1. The van der Waals surface area contributed by atoms with E-state index < -0.39 is 0 Å². The van der Waals surface area contributed by atoms with Gasteiger partial charge < -0.3 is 4.90 Å². The molecular formula is C14H20N2O. The minimum atomic E-state index is 0.265. The van der Waals surface area contributed by atoms with Gasteiger partial charge in [0.15, 0.2) is 0 Å². The molecule has 1 aliphatic heterocycles. The molecule has 0 amide bonds. The van der Waals surface area contributed by atoms with Gasteiger partial charge in [-0.3, -0.25) is 9.78 Å². The Bertz CT molecular complexity index is 364. The third-order valence-corrected chi connectivity index (χ3v) is 3.57. The molecule has 0 spiro atoms. The Morgan fingerprint density at radius 2 is 2.18 bits per heavy atom. The maximum atomic E-state index is 11.6. The van der Waals surface area contributed by atoms with Crippen LogP contribution in [-0.4, -0.2) is 35.3 Å². The summed E-state index contributed by atoms with van der Waals surface area (Å²) < 4.78 is 0. The minimum absolute atomic E-state index is 0.265. The molecule has 2 rings (SSSR count). The maximum absolute atomic E-state index is 11.6. The van der Waals surface area contributed by atoms with Gasteiger partial charge in [-0.05, 0) is 30.5 Å². The molecular weight excluding hydrogens is 212 g/mol. The zero-order chi connectivity index (χ0) is 12.1. The molecule has 3 heteroatoms. The molecule has 92 valence electrons. The Kier molecular flexibility index (Phi) is 4.26. The van der Waals surface area contributed by atoms with E-state index in [9.17, 15) is 4.79 Å².